The van der Waals surface area contributed by atoms with Gasteiger partial charge in [0, 0.05) is 25.7 Å². The lowest BCUT2D eigenvalue weighted by molar-refractivity contribution is 1.18. The van der Waals surface area contributed by atoms with E-state index in [0.717, 1.165) is 21.2 Å². The molecule has 0 aliphatic carbocycles. The summed E-state index contributed by atoms with van der Waals surface area (Å²) in [6.07, 6.45) is 0. The van der Waals surface area contributed by atoms with E-state index in [1.165, 1.54) is 4.88 Å². The molecule has 0 saturated heterocycles. The van der Waals surface area contributed by atoms with Gasteiger partial charge in [0.15, 0.2) is 0 Å². The summed E-state index contributed by atoms with van der Waals surface area (Å²) in [6.45, 7) is 0.724. The molecule has 0 radical (unpaired) electrons. The second-order valence-electron chi connectivity index (χ2n) is 3.39. The van der Waals surface area contributed by atoms with Crippen LogP contribution in [0.4, 0.5) is 5.69 Å². The summed E-state index contributed by atoms with van der Waals surface area (Å²) in [6, 6.07) is 9.83. The molecule has 17 heavy (non-hydrogen) atoms. The van der Waals surface area contributed by atoms with Gasteiger partial charge in [0.25, 0.3) is 0 Å². The monoisotopic (exact) mass is 370 g/mol. The molecule has 0 amide bonds. The topological polar surface area (TPSA) is 35.8 Å². The zero-order chi connectivity index (χ0) is 12.3. The van der Waals surface area contributed by atoms with Crippen molar-refractivity contribution >= 4 is 48.9 Å². The van der Waals surface area contributed by atoms with Crippen molar-refractivity contribution in [3.8, 4) is 6.07 Å². The molecule has 1 heterocycles. The summed E-state index contributed by atoms with van der Waals surface area (Å²) in [5.74, 6) is 0. The molecule has 0 bridgehead atoms. The largest absolute Gasteiger partial charge is 0.379 e. The Balaban J connectivity index is 2.13. The number of hydrogen-bond acceptors (Lipinski definition) is 3. The normalized spacial score (nSPS) is 9.94. The van der Waals surface area contributed by atoms with Crippen LogP contribution in [0.15, 0.2) is 38.6 Å². The van der Waals surface area contributed by atoms with Gasteiger partial charge in [-0.05, 0) is 40.2 Å². The number of rotatable bonds is 3. The first-order chi connectivity index (χ1) is 8.19. The van der Waals surface area contributed by atoms with Crippen molar-refractivity contribution < 1.29 is 0 Å². The molecule has 0 saturated carbocycles. The first-order valence-corrected chi connectivity index (χ1v) is 7.32. The summed E-state index contributed by atoms with van der Waals surface area (Å²) in [7, 11) is 0. The summed E-state index contributed by atoms with van der Waals surface area (Å²) in [5.41, 5.74) is 1.51. The minimum atomic E-state index is 0.656. The average Bonchev–Trinajstić information content (AvgIpc) is 2.73. The van der Waals surface area contributed by atoms with Crippen LogP contribution in [0.3, 0.4) is 0 Å². The first kappa shape index (κ1) is 12.6. The van der Waals surface area contributed by atoms with E-state index in [2.05, 4.69) is 49.3 Å². The van der Waals surface area contributed by atoms with E-state index in [0.29, 0.717) is 5.56 Å². The highest BCUT2D eigenvalue weighted by atomic mass is 79.9. The van der Waals surface area contributed by atoms with Crippen LogP contribution in [0, 0.1) is 11.3 Å². The second kappa shape index (κ2) is 5.67. The van der Waals surface area contributed by atoms with E-state index in [4.69, 9.17) is 5.26 Å². The molecular weight excluding hydrogens is 364 g/mol. The molecule has 5 heteroatoms. The van der Waals surface area contributed by atoms with Crippen LogP contribution in [0.25, 0.3) is 0 Å². The zero-order valence-electron chi connectivity index (χ0n) is 8.71. The Kier molecular flexibility index (Phi) is 4.21. The molecule has 86 valence electrons. The van der Waals surface area contributed by atoms with Crippen LogP contribution in [-0.4, -0.2) is 0 Å². The fourth-order valence-electron chi connectivity index (χ4n) is 1.39. The Morgan fingerprint density at radius 2 is 2.06 bits per heavy atom. The second-order valence-corrected chi connectivity index (χ2v) is 6.21. The van der Waals surface area contributed by atoms with Crippen molar-refractivity contribution in [3.63, 3.8) is 0 Å². The number of nitriles is 1. The SMILES string of the molecule is N#Cc1ccc(Br)cc1NCc1cc(Br)cs1. The van der Waals surface area contributed by atoms with Crippen molar-refractivity contribution in [2.75, 3.05) is 5.32 Å². The number of anilines is 1. The minimum absolute atomic E-state index is 0.656. The molecule has 0 unspecified atom stereocenters. The van der Waals surface area contributed by atoms with Crippen molar-refractivity contribution in [3.05, 3.63) is 49.0 Å². The van der Waals surface area contributed by atoms with E-state index in [1.54, 1.807) is 17.4 Å². The molecule has 0 atom stereocenters. The van der Waals surface area contributed by atoms with Gasteiger partial charge >= 0.3 is 0 Å². The fourth-order valence-corrected chi connectivity index (χ4v) is 3.14. The van der Waals surface area contributed by atoms with Gasteiger partial charge in [-0.2, -0.15) is 5.26 Å². The Labute approximate surface area is 121 Å². The molecule has 2 rings (SSSR count). The first-order valence-electron chi connectivity index (χ1n) is 4.85. The lowest BCUT2D eigenvalue weighted by Gasteiger charge is -2.07. The van der Waals surface area contributed by atoms with Crippen LogP contribution < -0.4 is 5.32 Å². The van der Waals surface area contributed by atoms with Crippen molar-refractivity contribution in [1.29, 1.82) is 5.26 Å². The quantitative estimate of drug-likeness (QED) is 0.844. The number of halogens is 2. The number of thiophene rings is 1. The maximum atomic E-state index is 9.00. The fraction of sp³-hybridized carbons (Fsp3) is 0.0833. The van der Waals surface area contributed by atoms with Gasteiger partial charge < -0.3 is 5.32 Å². The molecule has 2 aromatic rings. The predicted octanol–water partition coefficient (Wildman–Crippen LogP) is 4.76. The highest BCUT2D eigenvalue weighted by molar-refractivity contribution is 9.10. The van der Waals surface area contributed by atoms with E-state index in [9.17, 15) is 0 Å². The highest BCUT2D eigenvalue weighted by Gasteiger charge is 2.03. The summed E-state index contributed by atoms with van der Waals surface area (Å²) in [5, 5.41) is 14.3. The van der Waals surface area contributed by atoms with E-state index < -0.39 is 0 Å². The minimum Gasteiger partial charge on any atom is -0.379 e. The van der Waals surface area contributed by atoms with Crippen LogP contribution >= 0.6 is 43.2 Å². The molecule has 1 aromatic heterocycles. The van der Waals surface area contributed by atoms with E-state index in [1.807, 2.05) is 17.5 Å². The third kappa shape index (κ3) is 3.32. The van der Waals surface area contributed by atoms with Gasteiger partial charge in [0.2, 0.25) is 0 Å². The lowest BCUT2D eigenvalue weighted by Crippen LogP contribution is -1.99. The average molecular weight is 372 g/mol. The molecule has 0 aliphatic rings. The maximum Gasteiger partial charge on any atom is 0.101 e. The van der Waals surface area contributed by atoms with Crippen LogP contribution in [0.2, 0.25) is 0 Å². The van der Waals surface area contributed by atoms with E-state index >= 15 is 0 Å². The molecular formula is C12H8Br2N2S. The smallest absolute Gasteiger partial charge is 0.101 e. The number of benzene rings is 1. The Morgan fingerprint density at radius 1 is 1.24 bits per heavy atom. The Hall–Kier alpha value is -0.830. The van der Waals surface area contributed by atoms with Gasteiger partial charge in [0.05, 0.1) is 11.3 Å². The third-order valence-electron chi connectivity index (χ3n) is 2.18. The molecule has 0 aliphatic heterocycles. The van der Waals surface area contributed by atoms with Crippen LogP contribution in [-0.2, 0) is 6.54 Å². The van der Waals surface area contributed by atoms with Crippen molar-refractivity contribution in [2.24, 2.45) is 0 Å². The Bertz CT molecular complexity index is 572. The lowest BCUT2D eigenvalue weighted by atomic mass is 10.2. The summed E-state index contributed by atoms with van der Waals surface area (Å²) >= 11 is 8.50. The predicted molar refractivity (Wildman–Crippen MR) is 78.2 cm³/mol. The van der Waals surface area contributed by atoms with Gasteiger partial charge in [0.1, 0.15) is 6.07 Å². The van der Waals surface area contributed by atoms with Gasteiger partial charge in [-0.25, -0.2) is 0 Å². The van der Waals surface area contributed by atoms with Gasteiger partial charge in [-0.15, -0.1) is 11.3 Å². The summed E-state index contributed by atoms with van der Waals surface area (Å²) in [4.78, 5) is 1.22. The number of nitrogens with one attached hydrogen (secondary N) is 1. The van der Waals surface area contributed by atoms with Crippen molar-refractivity contribution in [2.45, 2.75) is 6.54 Å². The summed E-state index contributed by atoms with van der Waals surface area (Å²) < 4.78 is 2.06. The van der Waals surface area contributed by atoms with Crippen molar-refractivity contribution in [1.82, 2.24) is 0 Å². The number of nitrogens with zero attached hydrogens (tertiary/aromatic N) is 1. The number of hydrogen-bond donors (Lipinski definition) is 1. The van der Waals surface area contributed by atoms with E-state index in [-0.39, 0.29) is 0 Å². The van der Waals surface area contributed by atoms with Crippen LogP contribution in [0.1, 0.15) is 10.4 Å². The molecule has 0 fully saturated rings. The molecule has 1 aromatic carbocycles. The maximum absolute atomic E-state index is 9.00. The molecule has 0 spiro atoms. The van der Waals surface area contributed by atoms with Gasteiger partial charge in [-0.1, -0.05) is 15.9 Å². The highest BCUT2D eigenvalue weighted by Crippen LogP contribution is 2.24. The standard InChI is InChI=1S/C12H8Br2N2S/c13-9-2-1-8(5-15)12(4-9)16-6-11-3-10(14)7-17-11/h1-4,7,16H,6H2. The van der Waals surface area contributed by atoms with Crippen LogP contribution in [0.5, 0.6) is 0 Å². The Morgan fingerprint density at radius 3 is 2.71 bits per heavy atom. The molecule has 2 nitrogen and oxygen atoms in total. The third-order valence-corrected chi connectivity index (χ3v) is 4.37. The molecule has 1 N–H and O–H groups in total. The zero-order valence-corrected chi connectivity index (χ0v) is 12.7. The van der Waals surface area contributed by atoms with Gasteiger partial charge in [-0.3, -0.25) is 0 Å².